The monoisotopic (exact) mass is 358 g/mol. The molecule has 2 unspecified atom stereocenters. The molecule has 5 nitrogen and oxygen atoms in total. The number of halogens is 1. The third-order valence-corrected chi connectivity index (χ3v) is 4.55. The first-order valence-corrected chi connectivity index (χ1v) is 8.38. The number of nitrogens with one attached hydrogen (secondary N) is 2. The predicted molar refractivity (Wildman–Crippen MR) is 98.2 cm³/mol. The van der Waals surface area contributed by atoms with Crippen molar-refractivity contribution in [3.63, 3.8) is 0 Å². The molecule has 0 aromatic heterocycles. The topological polar surface area (TPSA) is 67.4 Å². The van der Waals surface area contributed by atoms with E-state index < -0.39 is 0 Å². The van der Waals surface area contributed by atoms with Crippen molar-refractivity contribution in [3.05, 3.63) is 53.1 Å². The van der Waals surface area contributed by atoms with Gasteiger partial charge in [0.05, 0.1) is 12.8 Å². The molecule has 0 heterocycles. The molecule has 0 spiro atoms. The summed E-state index contributed by atoms with van der Waals surface area (Å²) in [7, 11) is 1.53. The second kappa shape index (κ2) is 7.15. The molecule has 1 saturated carbocycles. The van der Waals surface area contributed by atoms with E-state index in [0.29, 0.717) is 22.1 Å². The van der Waals surface area contributed by atoms with E-state index in [1.807, 2.05) is 24.3 Å². The van der Waals surface area contributed by atoms with Crippen LogP contribution in [0.3, 0.4) is 0 Å². The molecule has 1 fully saturated rings. The summed E-state index contributed by atoms with van der Waals surface area (Å²) < 4.78 is 5.29. The average molecular weight is 359 g/mol. The highest BCUT2D eigenvalue weighted by Crippen LogP contribution is 2.50. The lowest BCUT2D eigenvalue weighted by molar-refractivity contribution is -0.117. The van der Waals surface area contributed by atoms with Crippen LogP contribution in [0.2, 0.25) is 5.02 Å². The number of hydrogen-bond donors (Lipinski definition) is 2. The van der Waals surface area contributed by atoms with Crippen LogP contribution < -0.4 is 15.4 Å². The number of methoxy groups -OCH3 is 1. The summed E-state index contributed by atoms with van der Waals surface area (Å²) >= 11 is 6.21. The molecular formula is C19H19ClN2O3. The van der Waals surface area contributed by atoms with Gasteiger partial charge in [0.25, 0.3) is 0 Å². The van der Waals surface area contributed by atoms with Crippen LogP contribution in [0.5, 0.6) is 5.75 Å². The van der Waals surface area contributed by atoms with Gasteiger partial charge in [-0.15, -0.1) is 0 Å². The second-order valence-corrected chi connectivity index (χ2v) is 6.46. The molecule has 0 bridgehead atoms. The zero-order chi connectivity index (χ0) is 18.0. The first kappa shape index (κ1) is 17.3. The summed E-state index contributed by atoms with van der Waals surface area (Å²) in [6, 6.07) is 12.7. The minimum Gasteiger partial charge on any atom is -0.495 e. The van der Waals surface area contributed by atoms with Crippen molar-refractivity contribution in [2.45, 2.75) is 19.3 Å². The maximum atomic E-state index is 12.6. The second-order valence-electron chi connectivity index (χ2n) is 6.06. The number of carbonyl (C=O) groups is 2. The van der Waals surface area contributed by atoms with Crippen molar-refractivity contribution in [2.24, 2.45) is 5.92 Å². The molecule has 130 valence electrons. The highest BCUT2D eigenvalue weighted by Gasteiger charge is 2.44. The van der Waals surface area contributed by atoms with Crippen LogP contribution in [0.25, 0.3) is 0 Å². The average Bonchev–Trinajstić information content (AvgIpc) is 3.35. The van der Waals surface area contributed by atoms with Gasteiger partial charge < -0.3 is 15.4 Å². The van der Waals surface area contributed by atoms with Crippen molar-refractivity contribution in [2.75, 3.05) is 17.7 Å². The van der Waals surface area contributed by atoms with Gasteiger partial charge in [-0.1, -0.05) is 29.8 Å². The highest BCUT2D eigenvalue weighted by molar-refractivity contribution is 6.31. The summed E-state index contributed by atoms with van der Waals surface area (Å²) in [4.78, 5) is 23.8. The van der Waals surface area contributed by atoms with Crippen LogP contribution in [-0.2, 0) is 9.59 Å². The van der Waals surface area contributed by atoms with Gasteiger partial charge in [0, 0.05) is 23.6 Å². The number of amides is 2. The Morgan fingerprint density at radius 2 is 1.92 bits per heavy atom. The molecule has 2 aromatic rings. The fourth-order valence-corrected chi connectivity index (χ4v) is 3.19. The Balaban J connectivity index is 1.73. The van der Waals surface area contributed by atoms with Gasteiger partial charge in [-0.2, -0.15) is 0 Å². The van der Waals surface area contributed by atoms with Crippen molar-refractivity contribution >= 4 is 34.8 Å². The Bertz CT molecular complexity index is 822. The SMILES string of the molecule is COc1ccc(NC(C)=O)cc1NC(=O)C1CC1c1ccccc1Cl. The maximum absolute atomic E-state index is 12.6. The van der Waals surface area contributed by atoms with Crippen LogP contribution in [0.1, 0.15) is 24.8 Å². The van der Waals surface area contributed by atoms with Gasteiger partial charge in [0.15, 0.2) is 0 Å². The fourth-order valence-electron chi connectivity index (χ4n) is 2.92. The van der Waals surface area contributed by atoms with E-state index in [1.54, 1.807) is 18.2 Å². The molecule has 2 aromatic carbocycles. The smallest absolute Gasteiger partial charge is 0.228 e. The van der Waals surface area contributed by atoms with E-state index in [9.17, 15) is 9.59 Å². The molecule has 25 heavy (non-hydrogen) atoms. The molecule has 1 aliphatic carbocycles. The third-order valence-electron chi connectivity index (χ3n) is 4.21. The number of ether oxygens (including phenoxy) is 1. The van der Waals surface area contributed by atoms with Crippen molar-refractivity contribution in [3.8, 4) is 5.75 Å². The zero-order valence-electron chi connectivity index (χ0n) is 14.0. The zero-order valence-corrected chi connectivity index (χ0v) is 14.8. The molecule has 0 aliphatic heterocycles. The van der Waals surface area contributed by atoms with E-state index in [2.05, 4.69) is 10.6 Å². The van der Waals surface area contributed by atoms with Crippen LogP contribution in [0, 0.1) is 5.92 Å². The number of carbonyl (C=O) groups excluding carboxylic acids is 2. The van der Waals surface area contributed by atoms with Gasteiger partial charge in [-0.05, 0) is 42.2 Å². The number of rotatable bonds is 5. The summed E-state index contributed by atoms with van der Waals surface area (Å²) in [5, 5.41) is 6.28. The Morgan fingerprint density at radius 1 is 1.16 bits per heavy atom. The maximum Gasteiger partial charge on any atom is 0.228 e. The summed E-state index contributed by atoms with van der Waals surface area (Å²) in [5.41, 5.74) is 2.13. The Hall–Kier alpha value is -2.53. The van der Waals surface area contributed by atoms with Crippen LogP contribution >= 0.6 is 11.6 Å². The van der Waals surface area contributed by atoms with Crippen LogP contribution in [0.4, 0.5) is 11.4 Å². The summed E-state index contributed by atoms with van der Waals surface area (Å²) in [6.45, 7) is 1.43. The Morgan fingerprint density at radius 3 is 2.60 bits per heavy atom. The Labute approximate surface area is 151 Å². The van der Waals surface area contributed by atoms with Crippen LogP contribution in [0.15, 0.2) is 42.5 Å². The van der Waals surface area contributed by atoms with E-state index in [0.717, 1.165) is 12.0 Å². The minimum atomic E-state index is -0.177. The van der Waals surface area contributed by atoms with Crippen molar-refractivity contribution in [1.29, 1.82) is 0 Å². The molecule has 2 N–H and O–H groups in total. The van der Waals surface area contributed by atoms with Crippen LogP contribution in [-0.4, -0.2) is 18.9 Å². The number of hydrogen-bond acceptors (Lipinski definition) is 3. The van der Waals surface area contributed by atoms with Gasteiger partial charge >= 0.3 is 0 Å². The molecule has 0 radical (unpaired) electrons. The first-order chi connectivity index (χ1) is 12.0. The molecule has 3 rings (SSSR count). The van der Waals surface area contributed by atoms with Crippen molar-refractivity contribution < 1.29 is 14.3 Å². The molecule has 2 amide bonds. The number of benzene rings is 2. The Kier molecular flexibility index (Phi) is 4.95. The van der Waals surface area contributed by atoms with Gasteiger partial charge in [0.1, 0.15) is 5.75 Å². The number of anilines is 2. The predicted octanol–water partition coefficient (Wildman–Crippen LogP) is 4.05. The lowest BCUT2D eigenvalue weighted by atomic mass is 10.1. The van der Waals surface area contributed by atoms with Gasteiger partial charge in [0.2, 0.25) is 11.8 Å². The van der Waals surface area contributed by atoms with Crippen molar-refractivity contribution in [1.82, 2.24) is 0 Å². The largest absolute Gasteiger partial charge is 0.495 e. The molecule has 0 saturated heterocycles. The summed E-state index contributed by atoms with van der Waals surface area (Å²) in [5.74, 6) is 0.302. The molecule has 6 heteroatoms. The molecule has 2 atom stereocenters. The normalized spacial score (nSPS) is 18.4. The lowest BCUT2D eigenvalue weighted by Crippen LogP contribution is -2.16. The molecular weight excluding hydrogens is 340 g/mol. The minimum absolute atomic E-state index is 0.0804. The quantitative estimate of drug-likeness (QED) is 0.847. The molecule has 1 aliphatic rings. The standard InChI is InChI=1S/C19H19ClN2O3/c1-11(23)21-12-7-8-18(25-2)17(9-12)22-19(24)15-10-14(15)13-5-3-4-6-16(13)20/h3-9,14-15H,10H2,1-2H3,(H,21,23)(H,22,24). The van der Waals surface area contributed by atoms with Gasteiger partial charge in [-0.3, -0.25) is 9.59 Å². The fraction of sp³-hybridized carbons (Fsp3) is 0.263. The highest BCUT2D eigenvalue weighted by atomic mass is 35.5. The van der Waals surface area contributed by atoms with E-state index in [1.165, 1.54) is 14.0 Å². The first-order valence-electron chi connectivity index (χ1n) is 8.00. The third kappa shape index (κ3) is 3.94. The van der Waals surface area contributed by atoms with E-state index in [4.69, 9.17) is 16.3 Å². The van der Waals surface area contributed by atoms with E-state index in [-0.39, 0.29) is 23.7 Å². The lowest BCUT2D eigenvalue weighted by Gasteiger charge is -2.12. The van der Waals surface area contributed by atoms with E-state index >= 15 is 0 Å². The summed E-state index contributed by atoms with van der Waals surface area (Å²) in [6.07, 6.45) is 0.767. The van der Waals surface area contributed by atoms with Gasteiger partial charge in [-0.25, -0.2) is 0 Å².